The summed E-state index contributed by atoms with van der Waals surface area (Å²) in [6, 6.07) is 3.10. The lowest BCUT2D eigenvalue weighted by molar-refractivity contribution is 0.0857. The van der Waals surface area contributed by atoms with Gasteiger partial charge in [-0.15, -0.1) is 0 Å². The van der Waals surface area contributed by atoms with Crippen molar-refractivity contribution in [3.8, 4) is 5.75 Å². The number of ether oxygens (including phenoxy) is 1. The topological polar surface area (TPSA) is 30.5 Å². The maximum atomic E-state index is 13.4. The predicted octanol–water partition coefficient (Wildman–Crippen LogP) is 1.41. The quantitative estimate of drug-likeness (QED) is 0.743. The Kier molecular flexibility index (Phi) is 2.65. The third-order valence-electron chi connectivity index (χ3n) is 2.33. The molecule has 0 spiro atoms. The molecule has 0 radical (unpaired) electrons. The fourth-order valence-electron chi connectivity index (χ4n) is 1.65. The minimum absolute atomic E-state index is 0.209. The Balaban J connectivity index is 2.31. The van der Waals surface area contributed by atoms with Gasteiger partial charge in [0.25, 0.3) is 0 Å². The fraction of sp³-hybridized carbons (Fsp3) is 0.400. The highest BCUT2D eigenvalue weighted by atomic mass is 19.1. The minimum Gasteiger partial charge on any atom is -0.493 e. The molecule has 76 valence electrons. The highest BCUT2D eigenvalue weighted by molar-refractivity contribution is 5.43. The van der Waals surface area contributed by atoms with Crippen LogP contribution in [-0.4, -0.2) is 13.7 Å². The molecule has 2 rings (SSSR count). The van der Waals surface area contributed by atoms with Crippen molar-refractivity contribution in [2.75, 3.05) is 13.7 Å². The van der Waals surface area contributed by atoms with Crippen LogP contribution in [0.2, 0.25) is 0 Å². The van der Waals surface area contributed by atoms with Crippen LogP contribution in [-0.2, 0) is 17.8 Å². The summed E-state index contributed by atoms with van der Waals surface area (Å²) in [4.78, 5) is 4.70. The van der Waals surface area contributed by atoms with Crippen LogP contribution in [0.25, 0.3) is 0 Å². The summed E-state index contributed by atoms with van der Waals surface area (Å²) < 4.78 is 18.8. The first kappa shape index (κ1) is 9.43. The molecule has 1 aromatic carbocycles. The third kappa shape index (κ3) is 1.58. The molecule has 14 heavy (non-hydrogen) atoms. The van der Waals surface area contributed by atoms with Crippen LogP contribution in [0.4, 0.5) is 4.39 Å². The Hall–Kier alpha value is -1.13. The van der Waals surface area contributed by atoms with Gasteiger partial charge in [-0.05, 0) is 12.1 Å². The van der Waals surface area contributed by atoms with Crippen molar-refractivity contribution in [3.63, 3.8) is 0 Å². The van der Waals surface area contributed by atoms with Gasteiger partial charge in [0.2, 0.25) is 0 Å². The first-order chi connectivity index (χ1) is 6.83. The largest absolute Gasteiger partial charge is 0.493 e. The van der Waals surface area contributed by atoms with E-state index in [1.807, 2.05) is 0 Å². The summed E-state index contributed by atoms with van der Waals surface area (Å²) in [7, 11) is 1.51. The lowest BCUT2D eigenvalue weighted by Crippen LogP contribution is -2.13. The Morgan fingerprint density at radius 3 is 3.21 bits per heavy atom. The summed E-state index contributed by atoms with van der Waals surface area (Å²) in [5, 5.41) is 0. The van der Waals surface area contributed by atoms with Gasteiger partial charge in [0, 0.05) is 24.1 Å². The highest BCUT2D eigenvalue weighted by Crippen LogP contribution is 2.29. The zero-order valence-electron chi connectivity index (χ0n) is 7.97. The molecule has 0 amide bonds. The SMILES string of the molecule is CONCc1c(F)ccc2c1CCO2. The first-order valence-corrected chi connectivity index (χ1v) is 4.52. The molecule has 1 aliphatic rings. The van der Waals surface area contributed by atoms with Crippen LogP contribution in [0.1, 0.15) is 11.1 Å². The zero-order chi connectivity index (χ0) is 9.97. The zero-order valence-corrected chi connectivity index (χ0v) is 7.97. The molecule has 3 nitrogen and oxygen atoms in total. The lowest BCUT2D eigenvalue weighted by Gasteiger charge is -2.08. The van der Waals surface area contributed by atoms with Gasteiger partial charge >= 0.3 is 0 Å². The molecule has 0 atom stereocenters. The molecule has 0 saturated carbocycles. The van der Waals surface area contributed by atoms with Gasteiger partial charge in [-0.25, -0.2) is 4.39 Å². The van der Waals surface area contributed by atoms with Crippen molar-refractivity contribution in [2.45, 2.75) is 13.0 Å². The van der Waals surface area contributed by atoms with E-state index in [0.29, 0.717) is 18.7 Å². The fourth-order valence-corrected chi connectivity index (χ4v) is 1.65. The van der Waals surface area contributed by atoms with E-state index < -0.39 is 0 Å². The van der Waals surface area contributed by atoms with Crippen molar-refractivity contribution < 1.29 is 14.0 Å². The minimum atomic E-state index is -0.209. The maximum absolute atomic E-state index is 13.4. The average Bonchev–Trinajstić information content (AvgIpc) is 2.64. The smallest absolute Gasteiger partial charge is 0.128 e. The summed E-state index contributed by atoms with van der Waals surface area (Å²) in [6.45, 7) is 1.01. The standard InChI is InChI=1S/C10H12FNO2/c1-13-12-6-8-7-4-5-14-10(7)3-2-9(8)11/h2-3,12H,4-6H2,1H3. The van der Waals surface area contributed by atoms with E-state index in [9.17, 15) is 4.39 Å². The Bertz CT molecular complexity index is 341. The van der Waals surface area contributed by atoms with Gasteiger partial charge in [-0.2, -0.15) is 5.48 Å². The molecule has 0 unspecified atom stereocenters. The monoisotopic (exact) mass is 197 g/mol. The normalized spacial score (nSPS) is 13.9. The molecule has 1 N–H and O–H groups in total. The van der Waals surface area contributed by atoms with Crippen molar-refractivity contribution >= 4 is 0 Å². The molecular weight excluding hydrogens is 185 g/mol. The second kappa shape index (κ2) is 3.94. The molecule has 0 saturated heterocycles. The van der Waals surface area contributed by atoms with Crippen LogP contribution in [0.3, 0.4) is 0 Å². The van der Waals surface area contributed by atoms with Crippen LogP contribution in [0.15, 0.2) is 12.1 Å². The van der Waals surface area contributed by atoms with E-state index in [2.05, 4.69) is 5.48 Å². The number of nitrogens with one attached hydrogen (secondary N) is 1. The Labute approximate surface area is 81.8 Å². The van der Waals surface area contributed by atoms with E-state index in [0.717, 1.165) is 17.7 Å². The molecule has 4 heteroatoms. The van der Waals surface area contributed by atoms with Crippen molar-refractivity contribution in [2.24, 2.45) is 0 Å². The van der Waals surface area contributed by atoms with Crippen LogP contribution in [0, 0.1) is 5.82 Å². The predicted molar refractivity (Wildman–Crippen MR) is 49.4 cm³/mol. The molecule has 0 bridgehead atoms. The number of hydrogen-bond donors (Lipinski definition) is 1. The third-order valence-corrected chi connectivity index (χ3v) is 2.33. The van der Waals surface area contributed by atoms with Crippen molar-refractivity contribution in [1.82, 2.24) is 5.48 Å². The lowest BCUT2D eigenvalue weighted by atomic mass is 10.0. The molecule has 0 aromatic heterocycles. The second-order valence-electron chi connectivity index (χ2n) is 3.13. The van der Waals surface area contributed by atoms with E-state index in [-0.39, 0.29) is 5.82 Å². The molecule has 0 fully saturated rings. The summed E-state index contributed by atoms with van der Waals surface area (Å²) in [5.41, 5.74) is 4.23. The maximum Gasteiger partial charge on any atom is 0.128 e. The van der Waals surface area contributed by atoms with E-state index in [4.69, 9.17) is 9.57 Å². The number of hydroxylamine groups is 1. The van der Waals surface area contributed by atoms with Gasteiger partial charge in [0.05, 0.1) is 13.7 Å². The van der Waals surface area contributed by atoms with E-state index in [1.54, 1.807) is 6.07 Å². The van der Waals surface area contributed by atoms with Gasteiger partial charge in [0.1, 0.15) is 11.6 Å². The van der Waals surface area contributed by atoms with Gasteiger partial charge in [-0.3, -0.25) is 0 Å². The summed E-state index contributed by atoms with van der Waals surface area (Å²) in [5.74, 6) is 0.582. The van der Waals surface area contributed by atoms with Gasteiger partial charge in [0.15, 0.2) is 0 Å². The van der Waals surface area contributed by atoms with Crippen LogP contribution in [0.5, 0.6) is 5.75 Å². The Morgan fingerprint density at radius 1 is 1.57 bits per heavy atom. The average molecular weight is 197 g/mol. The molecule has 1 aliphatic heterocycles. The Morgan fingerprint density at radius 2 is 2.43 bits per heavy atom. The number of fused-ring (bicyclic) bond motifs is 1. The molecule has 1 heterocycles. The number of benzene rings is 1. The summed E-state index contributed by atoms with van der Waals surface area (Å²) in [6.07, 6.45) is 0.772. The van der Waals surface area contributed by atoms with Gasteiger partial charge in [-0.1, -0.05) is 0 Å². The number of hydrogen-bond acceptors (Lipinski definition) is 3. The van der Waals surface area contributed by atoms with Crippen LogP contribution < -0.4 is 10.2 Å². The number of rotatable bonds is 3. The van der Waals surface area contributed by atoms with Crippen molar-refractivity contribution in [1.29, 1.82) is 0 Å². The summed E-state index contributed by atoms with van der Waals surface area (Å²) >= 11 is 0. The first-order valence-electron chi connectivity index (χ1n) is 4.52. The van der Waals surface area contributed by atoms with Crippen LogP contribution >= 0.6 is 0 Å². The second-order valence-corrected chi connectivity index (χ2v) is 3.13. The van der Waals surface area contributed by atoms with E-state index >= 15 is 0 Å². The molecule has 1 aromatic rings. The molecule has 0 aliphatic carbocycles. The number of halogens is 1. The van der Waals surface area contributed by atoms with Gasteiger partial charge < -0.3 is 9.57 Å². The highest BCUT2D eigenvalue weighted by Gasteiger charge is 2.18. The van der Waals surface area contributed by atoms with E-state index in [1.165, 1.54) is 13.2 Å². The van der Waals surface area contributed by atoms with Crippen molar-refractivity contribution in [3.05, 3.63) is 29.1 Å². The molecular formula is C10H12FNO2.